The second-order valence-electron chi connectivity index (χ2n) is 3.93. The first-order chi connectivity index (χ1) is 7.75. The lowest BCUT2D eigenvalue weighted by atomic mass is 10.0. The number of aliphatic imine (C=N–C) groups is 1. The fourth-order valence-corrected chi connectivity index (χ4v) is 2.01. The molecule has 5 nitrogen and oxygen atoms in total. The van der Waals surface area contributed by atoms with Gasteiger partial charge in [0.2, 0.25) is 6.08 Å². The topological polar surface area (TPSA) is 75.4 Å². The molecule has 0 aliphatic heterocycles. The van der Waals surface area contributed by atoms with E-state index in [4.69, 9.17) is 4.42 Å². The number of carbonyl (C=O) groups excluding carboxylic acids is 1. The number of para-hydroxylation sites is 1. The van der Waals surface area contributed by atoms with Gasteiger partial charge in [-0.25, -0.2) is 9.59 Å². The van der Waals surface area contributed by atoms with Gasteiger partial charge in [-0.3, -0.25) is 4.98 Å². The Hall–Kier alpha value is -2.13. The van der Waals surface area contributed by atoms with Crippen molar-refractivity contribution in [2.45, 2.75) is 18.4 Å². The number of H-pyrrole nitrogens is 1. The average Bonchev–Trinajstić information content (AvgIpc) is 2.92. The Morgan fingerprint density at radius 2 is 2.25 bits per heavy atom. The summed E-state index contributed by atoms with van der Waals surface area (Å²) in [4.78, 5) is 28.0. The standard InChI is InChI=1S/C11H8N2O3/c14-6-12-11(4-5-11)7-2-1-3-8-9(7)13-10(15)16-8/h1-3H,4-5H2,(H,13,15). The van der Waals surface area contributed by atoms with Crippen LogP contribution >= 0.6 is 0 Å². The van der Waals surface area contributed by atoms with E-state index in [-0.39, 0.29) is 0 Å². The van der Waals surface area contributed by atoms with Crippen molar-refractivity contribution in [2.24, 2.45) is 4.99 Å². The molecule has 1 saturated carbocycles. The molecule has 0 spiro atoms. The van der Waals surface area contributed by atoms with E-state index in [9.17, 15) is 9.59 Å². The second-order valence-corrected chi connectivity index (χ2v) is 3.93. The van der Waals surface area contributed by atoms with Crippen molar-refractivity contribution in [1.29, 1.82) is 0 Å². The van der Waals surface area contributed by atoms with E-state index in [1.165, 1.54) is 0 Å². The molecule has 1 aromatic carbocycles. The van der Waals surface area contributed by atoms with E-state index in [2.05, 4.69) is 9.98 Å². The highest BCUT2D eigenvalue weighted by Crippen LogP contribution is 2.50. The third-order valence-corrected chi connectivity index (χ3v) is 2.94. The number of aromatic amines is 1. The van der Waals surface area contributed by atoms with E-state index in [1.807, 2.05) is 6.07 Å². The summed E-state index contributed by atoms with van der Waals surface area (Å²) in [5, 5.41) is 0. The Morgan fingerprint density at radius 1 is 1.44 bits per heavy atom. The normalized spacial score (nSPS) is 17.0. The van der Waals surface area contributed by atoms with Crippen LogP contribution in [0.5, 0.6) is 0 Å². The van der Waals surface area contributed by atoms with Gasteiger partial charge in [-0.05, 0) is 18.9 Å². The van der Waals surface area contributed by atoms with Crippen LogP contribution in [0.25, 0.3) is 11.1 Å². The zero-order valence-corrected chi connectivity index (χ0v) is 8.32. The van der Waals surface area contributed by atoms with Gasteiger partial charge in [-0.1, -0.05) is 12.1 Å². The number of rotatable bonds is 2. The summed E-state index contributed by atoms with van der Waals surface area (Å²) in [7, 11) is 0. The largest absolute Gasteiger partial charge is 0.417 e. The number of hydrogen-bond acceptors (Lipinski definition) is 4. The maximum Gasteiger partial charge on any atom is 0.417 e. The van der Waals surface area contributed by atoms with Crippen LogP contribution < -0.4 is 5.76 Å². The van der Waals surface area contributed by atoms with Gasteiger partial charge in [0.15, 0.2) is 5.58 Å². The van der Waals surface area contributed by atoms with E-state index in [0.717, 1.165) is 18.4 Å². The van der Waals surface area contributed by atoms with Gasteiger partial charge >= 0.3 is 5.76 Å². The van der Waals surface area contributed by atoms with Gasteiger partial charge < -0.3 is 4.42 Å². The predicted molar refractivity (Wildman–Crippen MR) is 55.9 cm³/mol. The third-order valence-electron chi connectivity index (χ3n) is 2.94. The molecule has 1 fully saturated rings. The van der Waals surface area contributed by atoms with Crippen LogP contribution in [0.1, 0.15) is 18.4 Å². The van der Waals surface area contributed by atoms with Gasteiger partial charge in [0, 0.05) is 5.56 Å². The molecule has 0 radical (unpaired) electrons. The van der Waals surface area contributed by atoms with Crippen LogP contribution in [0.2, 0.25) is 0 Å². The van der Waals surface area contributed by atoms with E-state index in [0.29, 0.717) is 11.1 Å². The van der Waals surface area contributed by atoms with Gasteiger partial charge in [0.05, 0.1) is 5.52 Å². The molecule has 0 unspecified atom stereocenters. The molecule has 0 atom stereocenters. The van der Waals surface area contributed by atoms with Crippen LogP contribution in [0.4, 0.5) is 0 Å². The highest BCUT2D eigenvalue weighted by atomic mass is 16.4. The summed E-state index contributed by atoms with van der Waals surface area (Å²) in [6, 6.07) is 5.34. The number of isocyanates is 1. The van der Waals surface area contributed by atoms with Gasteiger partial charge in [-0.2, -0.15) is 4.99 Å². The van der Waals surface area contributed by atoms with Gasteiger partial charge in [-0.15, -0.1) is 0 Å². The summed E-state index contributed by atoms with van der Waals surface area (Å²) in [6.45, 7) is 0. The van der Waals surface area contributed by atoms with Crippen molar-refractivity contribution in [3.8, 4) is 0 Å². The van der Waals surface area contributed by atoms with Crippen molar-refractivity contribution in [3.05, 3.63) is 34.3 Å². The summed E-state index contributed by atoms with van der Waals surface area (Å²) in [6.07, 6.45) is 3.19. The fourth-order valence-electron chi connectivity index (χ4n) is 2.01. The molecule has 0 bridgehead atoms. The Labute approximate surface area is 89.8 Å². The zero-order valence-electron chi connectivity index (χ0n) is 8.32. The summed E-state index contributed by atoms with van der Waals surface area (Å²) >= 11 is 0. The Bertz CT molecular complexity index is 657. The molecule has 16 heavy (non-hydrogen) atoms. The average molecular weight is 216 g/mol. The lowest BCUT2D eigenvalue weighted by molar-refractivity contribution is 0.554. The highest BCUT2D eigenvalue weighted by Gasteiger charge is 2.46. The highest BCUT2D eigenvalue weighted by molar-refractivity contribution is 5.78. The van der Waals surface area contributed by atoms with Crippen molar-refractivity contribution < 1.29 is 9.21 Å². The molecule has 1 heterocycles. The number of aromatic nitrogens is 1. The first kappa shape index (κ1) is 9.12. The Balaban J connectivity index is 2.31. The predicted octanol–water partition coefficient (Wildman–Crippen LogP) is 1.45. The molecule has 3 rings (SSSR count). The maximum atomic E-state index is 11.1. The lowest BCUT2D eigenvalue weighted by Crippen LogP contribution is -2.04. The second kappa shape index (κ2) is 2.93. The van der Waals surface area contributed by atoms with Crippen molar-refractivity contribution in [1.82, 2.24) is 4.98 Å². The number of nitrogens with one attached hydrogen (secondary N) is 1. The Morgan fingerprint density at radius 3 is 2.94 bits per heavy atom. The van der Waals surface area contributed by atoms with Crippen LogP contribution in [-0.4, -0.2) is 11.1 Å². The summed E-state index contributed by atoms with van der Waals surface area (Å²) in [5.41, 5.74) is 1.46. The van der Waals surface area contributed by atoms with Crippen molar-refractivity contribution >= 4 is 17.2 Å². The fraction of sp³-hybridized carbons (Fsp3) is 0.273. The smallest absolute Gasteiger partial charge is 0.408 e. The minimum absolute atomic E-state index is 0.492. The number of nitrogens with zero attached hydrogens (tertiary/aromatic N) is 1. The van der Waals surface area contributed by atoms with Crippen molar-refractivity contribution in [2.75, 3.05) is 0 Å². The monoisotopic (exact) mass is 216 g/mol. The zero-order chi connectivity index (χ0) is 11.2. The molecule has 1 aliphatic rings. The van der Waals surface area contributed by atoms with E-state index in [1.54, 1.807) is 18.2 Å². The lowest BCUT2D eigenvalue weighted by Gasteiger charge is -2.07. The van der Waals surface area contributed by atoms with Gasteiger partial charge in [0.1, 0.15) is 5.54 Å². The first-order valence-corrected chi connectivity index (χ1v) is 4.96. The van der Waals surface area contributed by atoms with E-state index >= 15 is 0 Å². The number of benzene rings is 1. The molecule has 0 amide bonds. The first-order valence-electron chi connectivity index (χ1n) is 4.96. The van der Waals surface area contributed by atoms with Gasteiger partial charge in [0.25, 0.3) is 0 Å². The molecular weight excluding hydrogens is 208 g/mol. The molecular formula is C11H8N2O3. The minimum Gasteiger partial charge on any atom is -0.408 e. The molecule has 0 saturated heterocycles. The molecule has 80 valence electrons. The van der Waals surface area contributed by atoms with E-state index < -0.39 is 11.3 Å². The minimum atomic E-state index is -0.492. The molecule has 5 heteroatoms. The summed E-state index contributed by atoms with van der Waals surface area (Å²) < 4.78 is 4.96. The van der Waals surface area contributed by atoms with Crippen LogP contribution in [0.15, 0.2) is 32.4 Å². The van der Waals surface area contributed by atoms with Crippen LogP contribution in [-0.2, 0) is 10.3 Å². The van der Waals surface area contributed by atoms with Crippen LogP contribution in [0, 0.1) is 0 Å². The number of hydrogen-bond donors (Lipinski definition) is 1. The molecule has 1 N–H and O–H groups in total. The molecule has 1 aromatic heterocycles. The molecule has 1 aliphatic carbocycles. The Kier molecular flexibility index (Phi) is 1.67. The van der Waals surface area contributed by atoms with Crippen molar-refractivity contribution in [3.63, 3.8) is 0 Å². The van der Waals surface area contributed by atoms with Crippen LogP contribution in [0.3, 0.4) is 0 Å². The third kappa shape index (κ3) is 1.15. The summed E-state index contributed by atoms with van der Waals surface area (Å²) in [5.74, 6) is -0.492. The number of fused-ring (bicyclic) bond motifs is 1. The number of oxazole rings is 1. The quantitative estimate of drug-likeness (QED) is 0.609. The SMILES string of the molecule is O=C=NC1(c2cccc3oc(=O)[nH]c23)CC1. The molecule has 2 aromatic rings. The maximum absolute atomic E-state index is 11.1.